The first-order chi connectivity index (χ1) is 27.7. The Morgan fingerprint density at radius 2 is 1.75 bits per heavy atom. The molecule has 15 heteroatoms. The highest BCUT2D eigenvalue weighted by Gasteiger charge is 2.61. The van der Waals surface area contributed by atoms with E-state index < -0.39 is 83.1 Å². The first kappa shape index (κ1) is 46.6. The molecular formula is C44H63FN2O11S. The molecule has 0 bridgehead atoms. The fraction of sp³-hybridized carbons (Fsp3) is 0.682. The van der Waals surface area contributed by atoms with Gasteiger partial charge in [0.15, 0.2) is 17.7 Å². The summed E-state index contributed by atoms with van der Waals surface area (Å²) >= 11 is 1.62. The lowest BCUT2D eigenvalue weighted by Crippen LogP contribution is -2.61. The molecule has 3 fully saturated rings. The van der Waals surface area contributed by atoms with E-state index in [1.165, 1.54) is 18.7 Å². The van der Waals surface area contributed by atoms with Gasteiger partial charge in [0.05, 0.1) is 30.5 Å². The number of ether oxygens (including phenoxy) is 5. The van der Waals surface area contributed by atoms with Crippen molar-refractivity contribution in [2.24, 2.45) is 17.8 Å². The third kappa shape index (κ3) is 9.70. The van der Waals surface area contributed by atoms with Gasteiger partial charge in [0.1, 0.15) is 23.7 Å². The van der Waals surface area contributed by atoms with Gasteiger partial charge in [-0.2, -0.15) is 0 Å². The highest BCUT2D eigenvalue weighted by atomic mass is 32.1. The van der Waals surface area contributed by atoms with Gasteiger partial charge in [0.2, 0.25) is 0 Å². The Hall–Kier alpha value is -3.47. The van der Waals surface area contributed by atoms with Gasteiger partial charge in [-0.1, -0.05) is 52.8 Å². The lowest BCUT2D eigenvalue weighted by Gasteiger charge is -2.46. The summed E-state index contributed by atoms with van der Waals surface area (Å²) < 4.78 is 47.0. The molecule has 1 aromatic heterocycles. The van der Waals surface area contributed by atoms with Gasteiger partial charge in [-0.3, -0.25) is 9.59 Å². The Balaban J connectivity index is 1.45. The lowest BCUT2D eigenvalue weighted by molar-refractivity contribution is -0.294. The van der Waals surface area contributed by atoms with E-state index in [2.05, 4.69) is 0 Å². The van der Waals surface area contributed by atoms with Crippen LogP contribution in [0.15, 0.2) is 41.8 Å². The molecule has 3 aliphatic heterocycles. The molecule has 328 valence electrons. The van der Waals surface area contributed by atoms with E-state index >= 15 is 4.39 Å². The van der Waals surface area contributed by atoms with Crippen LogP contribution in [0.3, 0.4) is 0 Å². The average molecular weight is 847 g/mol. The van der Waals surface area contributed by atoms with Crippen LogP contribution < -0.4 is 4.74 Å². The van der Waals surface area contributed by atoms with E-state index in [0.29, 0.717) is 25.1 Å². The van der Waals surface area contributed by atoms with Crippen LogP contribution in [0.1, 0.15) is 88.0 Å². The molecule has 59 heavy (non-hydrogen) atoms. The molecule has 1 amide bonds. The van der Waals surface area contributed by atoms with Crippen LogP contribution in [0, 0.1) is 17.8 Å². The van der Waals surface area contributed by atoms with Gasteiger partial charge in [-0.15, -0.1) is 11.3 Å². The fourth-order valence-electron chi connectivity index (χ4n) is 9.30. The second-order valence-electron chi connectivity index (χ2n) is 17.2. The summed E-state index contributed by atoms with van der Waals surface area (Å²) in [5, 5.41) is 25.7. The number of benzene rings is 1. The molecule has 2 unspecified atom stereocenters. The van der Waals surface area contributed by atoms with Crippen molar-refractivity contribution in [1.29, 1.82) is 0 Å². The number of alkyl halides is 1. The van der Waals surface area contributed by atoms with Gasteiger partial charge in [0, 0.05) is 35.2 Å². The van der Waals surface area contributed by atoms with E-state index in [1.807, 2.05) is 67.6 Å². The normalized spacial score (nSPS) is 37.5. The number of fused-ring (bicyclic) bond motifs is 1. The van der Waals surface area contributed by atoms with Crippen LogP contribution in [-0.4, -0.2) is 130 Å². The third-order valence-corrected chi connectivity index (χ3v) is 13.5. The zero-order chi connectivity index (χ0) is 43.6. The fourth-order valence-corrected chi connectivity index (χ4v) is 10.0. The number of carbonyl (C=O) groups excluding carboxylic acids is 4. The highest BCUT2D eigenvalue weighted by molar-refractivity contribution is 7.13. The minimum Gasteiger partial charge on any atom is -0.494 e. The molecule has 5 rings (SSSR count). The molecule has 0 saturated carbocycles. The maximum Gasteiger partial charge on any atom is 0.410 e. The van der Waals surface area contributed by atoms with Crippen molar-refractivity contribution in [2.75, 3.05) is 26.7 Å². The molecule has 0 spiro atoms. The Labute approximate surface area is 351 Å². The number of aliphatic hydroxyl groups excluding tert-OH is 1. The van der Waals surface area contributed by atoms with Gasteiger partial charge >= 0.3 is 12.1 Å². The van der Waals surface area contributed by atoms with E-state index in [-0.39, 0.29) is 43.9 Å². The van der Waals surface area contributed by atoms with E-state index in [9.17, 15) is 29.4 Å². The van der Waals surface area contributed by atoms with Crippen molar-refractivity contribution >= 4 is 35.0 Å². The number of Topliss-reactive ketones (excluding diaryl/α,β-unsaturated/α-hetero) is 2. The molecule has 0 radical (unpaired) electrons. The summed E-state index contributed by atoms with van der Waals surface area (Å²) in [6.45, 7) is 14.7. The second kappa shape index (κ2) is 18.7. The average Bonchev–Trinajstić information content (AvgIpc) is 3.82. The Kier molecular flexibility index (Phi) is 14.7. The summed E-state index contributed by atoms with van der Waals surface area (Å²) in [4.78, 5) is 60.8. The molecule has 3 saturated heterocycles. The zero-order valence-electron chi connectivity index (χ0n) is 36.0. The second-order valence-corrected chi connectivity index (χ2v) is 18.2. The summed E-state index contributed by atoms with van der Waals surface area (Å²) in [6, 6.07) is 10.3. The van der Waals surface area contributed by atoms with Crippen LogP contribution in [0.25, 0.3) is 10.4 Å². The van der Waals surface area contributed by atoms with E-state index in [4.69, 9.17) is 23.7 Å². The van der Waals surface area contributed by atoms with Crippen LogP contribution in [0.2, 0.25) is 0 Å². The topological polar surface area (TPSA) is 161 Å². The summed E-state index contributed by atoms with van der Waals surface area (Å²) in [5.41, 5.74) is -5.86. The number of thiophene rings is 1. The molecule has 4 heterocycles. The number of likely N-dealkylation sites (N-methyl/N-ethyl adjacent to an activating group) is 1. The predicted molar refractivity (Wildman–Crippen MR) is 220 cm³/mol. The number of carbonyl (C=O) groups is 4. The maximum absolute atomic E-state index is 16.8. The van der Waals surface area contributed by atoms with E-state index in [1.54, 1.807) is 39.0 Å². The molecule has 13 nitrogen and oxygen atoms in total. The van der Waals surface area contributed by atoms with Crippen LogP contribution in [0.5, 0.6) is 5.75 Å². The minimum atomic E-state index is -3.24. The highest BCUT2D eigenvalue weighted by Crippen LogP contribution is 2.43. The van der Waals surface area contributed by atoms with Crippen molar-refractivity contribution in [3.05, 3.63) is 41.8 Å². The Morgan fingerprint density at radius 1 is 1.03 bits per heavy atom. The number of nitrogens with zero attached hydrogens (tertiary/aromatic N) is 2. The van der Waals surface area contributed by atoms with Crippen molar-refractivity contribution < 1.29 is 57.5 Å². The minimum absolute atomic E-state index is 0.0583. The Morgan fingerprint density at radius 3 is 2.39 bits per heavy atom. The number of esters is 1. The number of halogens is 1. The molecule has 0 aliphatic carbocycles. The van der Waals surface area contributed by atoms with Gasteiger partial charge in [0.25, 0.3) is 5.67 Å². The third-order valence-electron chi connectivity index (χ3n) is 12.6. The quantitative estimate of drug-likeness (QED) is 0.150. The van der Waals surface area contributed by atoms with Crippen LogP contribution in [0.4, 0.5) is 9.18 Å². The number of cyclic esters (lactones) is 1. The zero-order valence-corrected chi connectivity index (χ0v) is 36.8. The van der Waals surface area contributed by atoms with Crippen molar-refractivity contribution in [3.63, 3.8) is 0 Å². The Bertz CT molecular complexity index is 1790. The first-order valence-corrected chi connectivity index (χ1v) is 21.7. The molecule has 2 aromatic rings. The van der Waals surface area contributed by atoms with E-state index in [0.717, 1.165) is 17.4 Å². The predicted octanol–water partition coefficient (Wildman–Crippen LogP) is 6.22. The van der Waals surface area contributed by atoms with Crippen molar-refractivity contribution in [1.82, 2.24) is 9.80 Å². The van der Waals surface area contributed by atoms with Crippen molar-refractivity contribution in [2.45, 2.75) is 148 Å². The van der Waals surface area contributed by atoms with Crippen LogP contribution >= 0.6 is 11.3 Å². The SMILES string of the molecule is CC[C@H]1OC(=O)[C@@](C)(F)C(=O)[C@H](C)[C@@H](OC2O[C@H](C)C[C@H](N(C)CC)[C@H]2O)[C@](C)(O)C[C@@H](C)C(=O)[C@H](C)C2N(CCCOc3cccc(-c4cccs4)c3)C(=O)O[C@@]21C. The molecule has 1 aromatic carbocycles. The molecule has 3 aliphatic rings. The molecular weight excluding hydrogens is 784 g/mol. The monoisotopic (exact) mass is 846 g/mol. The lowest BCUT2D eigenvalue weighted by atomic mass is 9.73. The first-order valence-electron chi connectivity index (χ1n) is 20.8. The number of hydrogen-bond donors (Lipinski definition) is 2. The van der Waals surface area contributed by atoms with Crippen LogP contribution in [-0.2, 0) is 33.3 Å². The number of rotatable bonds is 11. The smallest absolute Gasteiger partial charge is 0.410 e. The van der Waals surface area contributed by atoms with Gasteiger partial charge < -0.3 is 43.7 Å². The number of hydrogen-bond acceptors (Lipinski definition) is 13. The molecule has 2 N–H and O–H groups in total. The maximum atomic E-state index is 16.8. The number of amides is 1. The summed E-state index contributed by atoms with van der Waals surface area (Å²) in [6.07, 6.45) is -5.84. The molecule has 13 atom stereocenters. The summed E-state index contributed by atoms with van der Waals surface area (Å²) in [7, 11) is 1.85. The standard InChI is InChI=1S/C44H63FN2O11S/c1-11-33-44(9)36(47(41(52)58-44)19-15-20-54-30-17-13-16-29(23-30)32-18-14-21-59-32)27(5)34(48)25(3)24-42(7,53)38(28(6)37(50)43(8,45)40(51)56-33)57-39-35(49)31(46(10)12-2)22-26(4)55-39/h13-14,16-18,21,23,25-28,31,33,35-36,38-39,49,53H,11-12,15,19-20,22,24H2,1-10H3/t25-,26-,27+,28+,31+,33-,35-,36?,38-,39?,42-,43+,44-/m1/s1. The largest absolute Gasteiger partial charge is 0.494 e. The van der Waals surface area contributed by atoms with Gasteiger partial charge in [-0.05, 0) is 96.1 Å². The van der Waals surface area contributed by atoms with Crippen molar-refractivity contribution in [3.8, 4) is 16.2 Å². The van der Waals surface area contributed by atoms with Gasteiger partial charge in [-0.25, -0.2) is 14.0 Å². The number of aliphatic hydroxyl groups is 2. The number of ketones is 2. The summed E-state index contributed by atoms with van der Waals surface area (Å²) in [5.74, 6) is -5.73.